The number of carboxylic acid groups (broad SMARTS) is 1. The van der Waals surface area contributed by atoms with E-state index in [0.717, 1.165) is 0 Å². The second-order valence-electron chi connectivity index (χ2n) is 7.58. The normalized spacial score (nSPS) is 17.9. The molecule has 3 amide bonds. The van der Waals surface area contributed by atoms with E-state index in [9.17, 15) is 24.3 Å². The van der Waals surface area contributed by atoms with Gasteiger partial charge in [0, 0.05) is 13.1 Å². The molecule has 170 valence electrons. The Morgan fingerprint density at radius 3 is 2.47 bits per heavy atom. The molecule has 12 nitrogen and oxygen atoms in total. The maximum atomic E-state index is 12.5. The highest BCUT2D eigenvalue weighted by Crippen LogP contribution is 2.19. The molecule has 0 radical (unpaired) electrons. The number of nitrogens with one attached hydrogen (secondary N) is 2. The molecule has 0 aliphatic carbocycles. The molecule has 3 atom stereocenters. The molecule has 12 heteroatoms. The van der Waals surface area contributed by atoms with Crippen molar-refractivity contribution < 1.29 is 24.3 Å². The van der Waals surface area contributed by atoms with E-state index in [1.807, 2.05) is 13.8 Å². The van der Waals surface area contributed by atoms with Crippen LogP contribution in [0.5, 0.6) is 0 Å². The number of hydrogen-bond acceptors (Lipinski definition) is 6. The number of carbonyl (C=O) groups excluding carboxylic acids is 3. The topological polar surface area (TPSA) is 206 Å². The Morgan fingerprint density at radius 2 is 1.90 bits per heavy atom. The smallest absolute Gasteiger partial charge is 0.326 e. The molecule has 1 aliphatic heterocycles. The van der Waals surface area contributed by atoms with Gasteiger partial charge in [-0.25, -0.2) is 4.79 Å². The summed E-state index contributed by atoms with van der Waals surface area (Å²) in [6.45, 7) is 3.93. The minimum Gasteiger partial charge on any atom is -0.480 e. The maximum absolute atomic E-state index is 12.5. The lowest BCUT2D eigenvalue weighted by atomic mass is 10.0. The number of nitrogens with zero attached hydrogens (tertiary/aromatic N) is 2. The van der Waals surface area contributed by atoms with Gasteiger partial charge in [-0.3, -0.25) is 19.4 Å². The predicted molar refractivity (Wildman–Crippen MR) is 110 cm³/mol. The molecule has 1 rings (SSSR count). The minimum atomic E-state index is -1.20. The van der Waals surface area contributed by atoms with Crippen LogP contribution in [0, 0.1) is 5.92 Å². The number of carboxylic acids is 1. The van der Waals surface area contributed by atoms with Crippen molar-refractivity contribution in [2.45, 2.75) is 57.7 Å². The quantitative estimate of drug-likeness (QED) is 0.120. The Kier molecular flexibility index (Phi) is 10.0. The zero-order valence-electron chi connectivity index (χ0n) is 17.5. The molecule has 0 spiro atoms. The van der Waals surface area contributed by atoms with E-state index < -0.39 is 42.5 Å². The summed E-state index contributed by atoms with van der Waals surface area (Å²) in [6, 6.07) is -2.51. The van der Waals surface area contributed by atoms with Crippen LogP contribution in [0.25, 0.3) is 0 Å². The van der Waals surface area contributed by atoms with Gasteiger partial charge >= 0.3 is 5.97 Å². The fraction of sp³-hybridized carbons (Fsp3) is 0.722. The zero-order valence-corrected chi connectivity index (χ0v) is 17.5. The Morgan fingerprint density at radius 1 is 1.23 bits per heavy atom. The van der Waals surface area contributed by atoms with Gasteiger partial charge in [-0.05, 0) is 31.6 Å². The van der Waals surface area contributed by atoms with Crippen LogP contribution in [-0.4, -0.2) is 77.4 Å². The lowest BCUT2D eigenvalue weighted by Gasteiger charge is -2.28. The SMILES string of the molecule is CC(C)C(N)C(=O)N1CCCC1C(=O)NCC(=O)NC(CCCN=C(N)N)C(=O)O. The number of carbonyl (C=O) groups is 4. The fourth-order valence-electron chi connectivity index (χ4n) is 3.07. The number of amides is 3. The van der Waals surface area contributed by atoms with Crippen molar-refractivity contribution in [2.75, 3.05) is 19.6 Å². The van der Waals surface area contributed by atoms with Crippen molar-refractivity contribution in [1.29, 1.82) is 0 Å². The van der Waals surface area contributed by atoms with Crippen molar-refractivity contribution in [2.24, 2.45) is 28.1 Å². The largest absolute Gasteiger partial charge is 0.480 e. The van der Waals surface area contributed by atoms with E-state index >= 15 is 0 Å². The molecule has 0 saturated carbocycles. The summed E-state index contributed by atoms with van der Waals surface area (Å²) in [4.78, 5) is 53.5. The van der Waals surface area contributed by atoms with Crippen molar-refractivity contribution in [3.8, 4) is 0 Å². The molecule has 1 aliphatic rings. The van der Waals surface area contributed by atoms with Crippen LogP contribution in [0.3, 0.4) is 0 Å². The highest BCUT2D eigenvalue weighted by molar-refractivity contribution is 5.93. The van der Waals surface area contributed by atoms with Crippen LogP contribution >= 0.6 is 0 Å². The molecule has 30 heavy (non-hydrogen) atoms. The molecule has 0 aromatic heterocycles. The lowest BCUT2D eigenvalue weighted by molar-refractivity contribution is -0.142. The highest BCUT2D eigenvalue weighted by Gasteiger charge is 2.36. The van der Waals surface area contributed by atoms with Gasteiger partial charge in [0.25, 0.3) is 0 Å². The summed E-state index contributed by atoms with van der Waals surface area (Å²) in [7, 11) is 0. The minimum absolute atomic E-state index is 0.0625. The summed E-state index contributed by atoms with van der Waals surface area (Å²) in [5.74, 6) is -2.76. The first-order chi connectivity index (χ1) is 14.0. The van der Waals surface area contributed by atoms with Crippen LogP contribution in [0.2, 0.25) is 0 Å². The van der Waals surface area contributed by atoms with Crippen LogP contribution < -0.4 is 27.8 Å². The number of rotatable bonds is 11. The number of guanidine groups is 1. The monoisotopic (exact) mass is 427 g/mol. The van der Waals surface area contributed by atoms with Gasteiger partial charge in [-0.15, -0.1) is 0 Å². The lowest BCUT2D eigenvalue weighted by Crippen LogP contribution is -2.54. The Hall–Kier alpha value is -2.89. The van der Waals surface area contributed by atoms with Gasteiger partial charge in [0.05, 0.1) is 12.6 Å². The first kappa shape index (κ1) is 25.1. The van der Waals surface area contributed by atoms with E-state index in [-0.39, 0.29) is 30.8 Å². The first-order valence-electron chi connectivity index (χ1n) is 9.95. The average Bonchev–Trinajstić information content (AvgIpc) is 3.16. The molecule has 0 bridgehead atoms. The molecule has 1 saturated heterocycles. The van der Waals surface area contributed by atoms with Gasteiger partial charge in [0.2, 0.25) is 17.7 Å². The average molecular weight is 428 g/mol. The predicted octanol–water partition coefficient (Wildman–Crippen LogP) is -2.30. The van der Waals surface area contributed by atoms with Crippen LogP contribution in [0.15, 0.2) is 4.99 Å². The Bertz CT molecular complexity index is 663. The third kappa shape index (κ3) is 7.85. The number of hydrogen-bond donors (Lipinski definition) is 6. The first-order valence-corrected chi connectivity index (χ1v) is 9.95. The van der Waals surface area contributed by atoms with E-state index in [1.54, 1.807) is 0 Å². The second kappa shape index (κ2) is 12.0. The molecule has 1 fully saturated rings. The third-order valence-electron chi connectivity index (χ3n) is 4.84. The number of aliphatic carboxylic acids is 1. The van der Waals surface area contributed by atoms with Crippen LogP contribution in [-0.2, 0) is 19.2 Å². The Balaban J connectivity index is 2.53. The van der Waals surface area contributed by atoms with Crippen molar-refractivity contribution >= 4 is 29.7 Å². The van der Waals surface area contributed by atoms with Crippen molar-refractivity contribution in [3.63, 3.8) is 0 Å². The molecule has 0 aromatic carbocycles. The van der Waals surface area contributed by atoms with Gasteiger partial charge in [0.1, 0.15) is 12.1 Å². The second-order valence-corrected chi connectivity index (χ2v) is 7.58. The van der Waals surface area contributed by atoms with Gasteiger partial charge in [-0.2, -0.15) is 0 Å². The zero-order chi connectivity index (χ0) is 22.8. The van der Waals surface area contributed by atoms with Crippen molar-refractivity contribution in [3.05, 3.63) is 0 Å². The molecular weight excluding hydrogens is 394 g/mol. The number of likely N-dealkylation sites (tertiary alicyclic amines) is 1. The summed E-state index contributed by atoms with van der Waals surface area (Å²) in [6.07, 6.45) is 1.63. The van der Waals surface area contributed by atoms with Crippen LogP contribution in [0.4, 0.5) is 0 Å². The van der Waals surface area contributed by atoms with Crippen LogP contribution in [0.1, 0.15) is 39.5 Å². The number of nitrogens with two attached hydrogens (primary N) is 3. The van der Waals surface area contributed by atoms with Gasteiger partial charge in [-0.1, -0.05) is 13.8 Å². The van der Waals surface area contributed by atoms with E-state index in [1.165, 1.54) is 4.90 Å². The van der Waals surface area contributed by atoms with Gasteiger partial charge < -0.3 is 37.8 Å². The summed E-state index contributed by atoms with van der Waals surface area (Å²) in [5.41, 5.74) is 16.3. The summed E-state index contributed by atoms with van der Waals surface area (Å²) >= 11 is 0. The van der Waals surface area contributed by atoms with Crippen molar-refractivity contribution in [1.82, 2.24) is 15.5 Å². The Labute approximate surface area is 175 Å². The molecular formula is C18H33N7O5. The fourth-order valence-corrected chi connectivity index (χ4v) is 3.07. The van der Waals surface area contributed by atoms with E-state index in [0.29, 0.717) is 25.8 Å². The maximum Gasteiger partial charge on any atom is 0.326 e. The molecule has 9 N–H and O–H groups in total. The van der Waals surface area contributed by atoms with E-state index in [2.05, 4.69) is 15.6 Å². The molecule has 3 unspecified atom stereocenters. The number of aliphatic imine (C=N–C) groups is 1. The summed E-state index contributed by atoms with van der Waals surface area (Å²) < 4.78 is 0. The molecule has 1 heterocycles. The standard InChI is InChI=1S/C18H33N7O5/c1-10(2)14(19)16(28)25-8-4-6-12(25)15(27)23-9-13(26)24-11(17(29)30)5-3-7-22-18(20)21/h10-12,14H,3-9,19H2,1-2H3,(H,23,27)(H,24,26)(H,29,30)(H4,20,21,22). The molecule has 0 aromatic rings. The van der Waals surface area contributed by atoms with Gasteiger partial charge in [0.15, 0.2) is 5.96 Å². The third-order valence-corrected chi connectivity index (χ3v) is 4.84. The highest BCUT2D eigenvalue weighted by atomic mass is 16.4. The summed E-state index contributed by atoms with van der Waals surface area (Å²) in [5, 5.41) is 14.1. The van der Waals surface area contributed by atoms with E-state index in [4.69, 9.17) is 17.2 Å².